The van der Waals surface area contributed by atoms with Crippen LogP contribution in [0.1, 0.15) is 24.8 Å². The number of aryl methyl sites for hydroxylation is 1. The van der Waals surface area contributed by atoms with Crippen LogP contribution >= 0.6 is 0 Å². The van der Waals surface area contributed by atoms with E-state index < -0.39 is 6.10 Å². The Kier molecular flexibility index (Phi) is 4.62. The van der Waals surface area contributed by atoms with Gasteiger partial charge in [-0.1, -0.05) is 6.07 Å². The molecule has 26 heavy (non-hydrogen) atoms. The minimum absolute atomic E-state index is 0.200. The molecule has 0 radical (unpaired) electrons. The van der Waals surface area contributed by atoms with Gasteiger partial charge in [-0.2, -0.15) is 0 Å². The van der Waals surface area contributed by atoms with E-state index in [0.29, 0.717) is 0 Å². The van der Waals surface area contributed by atoms with Crippen LogP contribution in [-0.4, -0.2) is 42.7 Å². The lowest BCUT2D eigenvalue weighted by Crippen LogP contribution is -2.37. The number of aromatic nitrogens is 5. The summed E-state index contributed by atoms with van der Waals surface area (Å²) in [5, 5.41) is 10.6. The van der Waals surface area contributed by atoms with Gasteiger partial charge in [-0.05, 0) is 37.0 Å². The lowest BCUT2D eigenvalue weighted by atomic mass is 9.91. The van der Waals surface area contributed by atoms with Crippen LogP contribution in [0.15, 0.2) is 49.1 Å². The summed E-state index contributed by atoms with van der Waals surface area (Å²) >= 11 is 0. The normalized spacial score (nSPS) is 16.6. The summed E-state index contributed by atoms with van der Waals surface area (Å²) in [7, 11) is 1.91. The van der Waals surface area contributed by atoms with Crippen molar-refractivity contribution < 1.29 is 5.11 Å². The number of pyridine rings is 1. The molecule has 0 saturated carbocycles. The Balaban J connectivity index is 1.44. The molecule has 3 aromatic heterocycles. The van der Waals surface area contributed by atoms with Crippen molar-refractivity contribution in [3.8, 4) is 11.4 Å². The van der Waals surface area contributed by atoms with Crippen molar-refractivity contribution >= 4 is 5.95 Å². The fraction of sp³-hybridized carbons (Fsp3) is 0.368. The zero-order valence-corrected chi connectivity index (χ0v) is 14.7. The molecule has 4 rings (SSSR count). The molecule has 3 aromatic rings. The van der Waals surface area contributed by atoms with Crippen molar-refractivity contribution in [1.29, 1.82) is 0 Å². The average molecular weight is 350 g/mol. The summed E-state index contributed by atoms with van der Waals surface area (Å²) in [6.45, 7) is 1.63. The summed E-state index contributed by atoms with van der Waals surface area (Å²) in [6.07, 6.45) is 8.37. The molecule has 134 valence electrons. The van der Waals surface area contributed by atoms with E-state index in [4.69, 9.17) is 0 Å². The van der Waals surface area contributed by atoms with E-state index >= 15 is 0 Å². The minimum atomic E-state index is -0.530. The molecular formula is C19H22N6O. The Bertz CT molecular complexity index is 857. The number of imidazole rings is 1. The van der Waals surface area contributed by atoms with E-state index in [2.05, 4.69) is 24.8 Å². The third-order valence-electron chi connectivity index (χ3n) is 4.96. The third-order valence-corrected chi connectivity index (χ3v) is 4.96. The molecule has 0 aromatic carbocycles. The third kappa shape index (κ3) is 3.30. The maximum atomic E-state index is 10.6. The Hall–Kier alpha value is -2.80. The quantitative estimate of drug-likeness (QED) is 0.777. The topological polar surface area (TPSA) is 80.0 Å². The summed E-state index contributed by atoms with van der Waals surface area (Å²) < 4.78 is 1.89. The van der Waals surface area contributed by atoms with Gasteiger partial charge in [-0.25, -0.2) is 15.0 Å². The number of hydrogen-bond acceptors (Lipinski definition) is 6. The number of hydrogen-bond donors (Lipinski definition) is 1. The van der Waals surface area contributed by atoms with Crippen molar-refractivity contribution in [2.75, 3.05) is 18.0 Å². The number of aliphatic hydroxyl groups is 1. The molecule has 0 bridgehead atoms. The largest absolute Gasteiger partial charge is 0.385 e. The van der Waals surface area contributed by atoms with Gasteiger partial charge in [0.2, 0.25) is 5.95 Å². The predicted octanol–water partition coefficient (Wildman–Crippen LogP) is 2.22. The van der Waals surface area contributed by atoms with Crippen molar-refractivity contribution in [1.82, 2.24) is 24.5 Å². The van der Waals surface area contributed by atoms with Crippen molar-refractivity contribution in [3.63, 3.8) is 0 Å². The molecular weight excluding hydrogens is 328 g/mol. The first kappa shape index (κ1) is 16.7. The van der Waals surface area contributed by atoms with Crippen LogP contribution in [0.4, 0.5) is 5.95 Å². The SMILES string of the molecule is Cn1ccnc1C(O)C1CCN(c2nccc(-c3ccccn3)n2)CC1. The number of nitrogens with zero attached hydrogens (tertiary/aromatic N) is 6. The van der Waals surface area contributed by atoms with E-state index in [0.717, 1.165) is 49.1 Å². The number of anilines is 1. The maximum absolute atomic E-state index is 10.6. The van der Waals surface area contributed by atoms with Gasteiger partial charge in [0.15, 0.2) is 0 Å². The monoisotopic (exact) mass is 350 g/mol. The van der Waals surface area contributed by atoms with Crippen molar-refractivity contribution in [3.05, 3.63) is 54.9 Å². The van der Waals surface area contributed by atoms with Gasteiger partial charge in [0.1, 0.15) is 11.9 Å². The molecule has 1 saturated heterocycles. The molecule has 0 aliphatic carbocycles. The second-order valence-corrected chi connectivity index (χ2v) is 6.62. The van der Waals surface area contributed by atoms with Crippen LogP contribution in [0.5, 0.6) is 0 Å². The smallest absolute Gasteiger partial charge is 0.225 e. The summed E-state index contributed by atoms with van der Waals surface area (Å²) in [4.78, 5) is 19.9. The van der Waals surface area contributed by atoms with E-state index in [1.807, 2.05) is 42.1 Å². The van der Waals surface area contributed by atoms with Crippen LogP contribution in [0.3, 0.4) is 0 Å². The lowest BCUT2D eigenvalue weighted by Gasteiger charge is -2.34. The molecule has 1 unspecified atom stereocenters. The molecule has 1 fully saturated rings. The van der Waals surface area contributed by atoms with E-state index in [1.54, 1.807) is 18.6 Å². The molecule has 7 heteroatoms. The molecule has 0 amide bonds. The standard InChI is InChI=1S/C19H22N6O/c1-24-13-10-21-18(24)17(26)14-6-11-25(12-7-14)19-22-9-5-16(23-19)15-4-2-3-8-20-15/h2-5,8-10,13-14,17,26H,6-7,11-12H2,1H3. The highest BCUT2D eigenvalue weighted by atomic mass is 16.3. The average Bonchev–Trinajstić information content (AvgIpc) is 3.14. The van der Waals surface area contributed by atoms with Gasteiger partial charge >= 0.3 is 0 Å². The number of aliphatic hydroxyl groups excluding tert-OH is 1. The number of rotatable bonds is 4. The molecule has 0 spiro atoms. The Morgan fingerprint density at radius 3 is 2.54 bits per heavy atom. The van der Waals surface area contributed by atoms with Crippen LogP contribution in [0, 0.1) is 5.92 Å². The molecule has 1 N–H and O–H groups in total. The van der Waals surface area contributed by atoms with Gasteiger partial charge in [0.25, 0.3) is 0 Å². The molecule has 1 aliphatic heterocycles. The molecule has 7 nitrogen and oxygen atoms in total. The second-order valence-electron chi connectivity index (χ2n) is 6.62. The van der Waals surface area contributed by atoms with Crippen LogP contribution in [0.25, 0.3) is 11.4 Å². The zero-order valence-electron chi connectivity index (χ0n) is 14.7. The van der Waals surface area contributed by atoms with Gasteiger partial charge < -0.3 is 14.6 Å². The van der Waals surface area contributed by atoms with Gasteiger partial charge in [-0.3, -0.25) is 4.98 Å². The van der Waals surface area contributed by atoms with Crippen molar-refractivity contribution in [2.24, 2.45) is 13.0 Å². The molecule has 4 heterocycles. The van der Waals surface area contributed by atoms with Gasteiger partial charge in [0, 0.05) is 44.9 Å². The fourth-order valence-corrected chi connectivity index (χ4v) is 3.45. The highest BCUT2D eigenvalue weighted by molar-refractivity contribution is 5.55. The highest BCUT2D eigenvalue weighted by Gasteiger charge is 2.29. The fourth-order valence-electron chi connectivity index (χ4n) is 3.45. The van der Waals surface area contributed by atoms with Crippen LogP contribution in [-0.2, 0) is 7.05 Å². The predicted molar refractivity (Wildman–Crippen MR) is 98.4 cm³/mol. The first-order valence-corrected chi connectivity index (χ1v) is 8.87. The minimum Gasteiger partial charge on any atom is -0.385 e. The Labute approximate surface area is 152 Å². The highest BCUT2D eigenvalue weighted by Crippen LogP contribution is 2.31. The lowest BCUT2D eigenvalue weighted by molar-refractivity contribution is 0.0823. The van der Waals surface area contributed by atoms with Crippen molar-refractivity contribution in [2.45, 2.75) is 18.9 Å². The molecule has 1 atom stereocenters. The second kappa shape index (κ2) is 7.21. The van der Waals surface area contributed by atoms with Gasteiger partial charge in [0.05, 0.1) is 11.4 Å². The Morgan fingerprint density at radius 1 is 1.00 bits per heavy atom. The zero-order chi connectivity index (χ0) is 17.9. The molecule has 1 aliphatic rings. The van der Waals surface area contributed by atoms with E-state index in [1.165, 1.54) is 0 Å². The van der Waals surface area contributed by atoms with E-state index in [9.17, 15) is 5.11 Å². The maximum Gasteiger partial charge on any atom is 0.225 e. The summed E-state index contributed by atoms with van der Waals surface area (Å²) in [5.41, 5.74) is 1.67. The van der Waals surface area contributed by atoms with Crippen LogP contribution in [0.2, 0.25) is 0 Å². The summed E-state index contributed by atoms with van der Waals surface area (Å²) in [6, 6.07) is 7.67. The first-order chi connectivity index (χ1) is 12.7. The summed E-state index contributed by atoms with van der Waals surface area (Å²) in [5.74, 6) is 1.65. The Morgan fingerprint density at radius 2 is 1.85 bits per heavy atom. The number of piperidine rings is 1. The van der Waals surface area contributed by atoms with Gasteiger partial charge in [-0.15, -0.1) is 0 Å². The first-order valence-electron chi connectivity index (χ1n) is 8.87. The van der Waals surface area contributed by atoms with E-state index in [-0.39, 0.29) is 5.92 Å². The van der Waals surface area contributed by atoms with Crippen LogP contribution < -0.4 is 4.90 Å².